The molecular weight excluding hydrogens is 494 g/mol. The quantitative estimate of drug-likeness (QED) is 0.263. The number of sulfone groups is 1. The molecule has 1 aromatic rings. The van der Waals surface area contributed by atoms with Crippen LogP contribution in [0.1, 0.15) is 38.3 Å². The molecule has 0 bridgehead atoms. The lowest BCUT2D eigenvalue weighted by Gasteiger charge is -2.20. The van der Waals surface area contributed by atoms with Gasteiger partial charge in [0, 0.05) is 25.9 Å². The first-order valence-electron chi connectivity index (χ1n) is 9.48. The minimum Gasteiger partial charge on any atom is -0.357 e. The Hall–Kier alpha value is -0.940. The summed E-state index contributed by atoms with van der Waals surface area (Å²) in [6, 6.07) is 4.16. The van der Waals surface area contributed by atoms with E-state index in [0.29, 0.717) is 23.6 Å². The van der Waals surface area contributed by atoms with Crippen molar-refractivity contribution in [3.63, 3.8) is 0 Å². The van der Waals surface area contributed by atoms with Crippen LogP contribution in [-0.4, -0.2) is 58.3 Å². The van der Waals surface area contributed by atoms with Crippen LogP contribution in [0.25, 0.3) is 0 Å². The lowest BCUT2D eigenvalue weighted by molar-refractivity contribution is 0.293. The van der Waals surface area contributed by atoms with Crippen molar-refractivity contribution in [2.75, 3.05) is 39.0 Å². The van der Waals surface area contributed by atoms with Crippen molar-refractivity contribution in [2.24, 2.45) is 4.99 Å². The molecule has 0 amide bonds. The molecule has 162 valence electrons. The monoisotopic (exact) mass is 528 g/mol. The molecule has 0 saturated carbocycles. The van der Waals surface area contributed by atoms with E-state index in [4.69, 9.17) is 0 Å². The maximum Gasteiger partial charge on any atom is 0.191 e. The van der Waals surface area contributed by atoms with Gasteiger partial charge in [-0.2, -0.15) is 0 Å². The van der Waals surface area contributed by atoms with Crippen molar-refractivity contribution >= 4 is 39.8 Å². The molecule has 2 N–H and O–H groups in total. The van der Waals surface area contributed by atoms with Gasteiger partial charge in [0.2, 0.25) is 0 Å². The predicted molar refractivity (Wildman–Crippen MR) is 126 cm³/mol. The van der Waals surface area contributed by atoms with Gasteiger partial charge in [-0.25, -0.2) is 17.8 Å². The van der Waals surface area contributed by atoms with Crippen molar-refractivity contribution in [1.82, 2.24) is 15.5 Å². The summed E-state index contributed by atoms with van der Waals surface area (Å²) < 4.78 is 36.8. The maximum atomic E-state index is 13.6. The average Bonchev–Trinajstić information content (AvgIpc) is 2.59. The van der Waals surface area contributed by atoms with Crippen LogP contribution in [0.4, 0.5) is 4.39 Å². The van der Waals surface area contributed by atoms with E-state index in [1.54, 1.807) is 0 Å². The van der Waals surface area contributed by atoms with Crippen LogP contribution >= 0.6 is 24.0 Å². The van der Waals surface area contributed by atoms with Gasteiger partial charge in [-0.15, -0.1) is 24.0 Å². The Morgan fingerprint density at radius 1 is 1.14 bits per heavy atom. The molecule has 1 rings (SSSR count). The van der Waals surface area contributed by atoms with Crippen molar-refractivity contribution in [3.8, 4) is 0 Å². The van der Waals surface area contributed by atoms with Gasteiger partial charge in [-0.05, 0) is 49.7 Å². The van der Waals surface area contributed by atoms with Crippen LogP contribution in [0, 0.1) is 5.82 Å². The minimum absolute atomic E-state index is 0. The first kappa shape index (κ1) is 27.1. The molecule has 28 heavy (non-hydrogen) atoms. The summed E-state index contributed by atoms with van der Waals surface area (Å²) in [6.45, 7) is 10.9. The SMILES string of the molecule is CCCN(CC)CCNC(=NCc1cc(F)ccc1CS(C)(=O)=O)NCC.I. The number of likely N-dealkylation sites (N-methyl/N-ethyl adjacent to an activating group) is 1. The van der Waals surface area contributed by atoms with Crippen LogP contribution < -0.4 is 10.6 Å². The summed E-state index contributed by atoms with van der Waals surface area (Å²) >= 11 is 0. The number of halogens is 2. The molecule has 0 spiro atoms. The van der Waals surface area contributed by atoms with Gasteiger partial charge >= 0.3 is 0 Å². The zero-order chi connectivity index (χ0) is 20.3. The summed E-state index contributed by atoms with van der Waals surface area (Å²) in [7, 11) is -3.20. The highest BCUT2D eigenvalue weighted by Gasteiger charge is 2.11. The van der Waals surface area contributed by atoms with Gasteiger partial charge in [0.1, 0.15) is 5.82 Å². The predicted octanol–water partition coefficient (Wildman–Crippen LogP) is 2.78. The molecule has 0 aliphatic rings. The molecule has 0 aliphatic carbocycles. The zero-order valence-electron chi connectivity index (χ0n) is 17.3. The highest BCUT2D eigenvalue weighted by molar-refractivity contribution is 14.0. The molecule has 6 nitrogen and oxygen atoms in total. The van der Waals surface area contributed by atoms with E-state index in [1.807, 2.05) is 6.92 Å². The Bertz CT molecular complexity index is 714. The summed E-state index contributed by atoms with van der Waals surface area (Å²) in [5.41, 5.74) is 1.16. The summed E-state index contributed by atoms with van der Waals surface area (Å²) in [4.78, 5) is 6.85. The number of hydrogen-bond acceptors (Lipinski definition) is 4. The number of aliphatic imine (C=N–C) groups is 1. The molecular formula is C19H34FIN4O2S. The lowest BCUT2D eigenvalue weighted by Crippen LogP contribution is -2.41. The Kier molecular flexibility index (Phi) is 13.6. The first-order chi connectivity index (χ1) is 12.8. The number of nitrogens with zero attached hydrogens (tertiary/aromatic N) is 2. The number of guanidine groups is 1. The van der Waals surface area contributed by atoms with E-state index in [2.05, 4.69) is 34.4 Å². The fraction of sp³-hybridized carbons (Fsp3) is 0.632. The second-order valence-corrected chi connectivity index (χ2v) is 8.68. The van der Waals surface area contributed by atoms with Crippen LogP contribution in [-0.2, 0) is 22.1 Å². The van der Waals surface area contributed by atoms with E-state index in [1.165, 1.54) is 24.5 Å². The third kappa shape index (κ3) is 11.2. The van der Waals surface area contributed by atoms with Gasteiger partial charge in [0.25, 0.3) is 0 Å². The van der Waals surface area contributed by atoms with Gasteiger partial charge in [-0.3, -0.25) is 0 Å². The number of hydrogen-bond donors (Lipinski definition) is 2. The zero-order valence-corrected chi connectivity index (χ0v) is 20.4. The Labute approximate surface area is 186 Å². The smallest absolute Gasteiger partial charge is 0.191 e. The van der Waals surface area contributed by atoms with E-state index in [9.17, 15) is 12.8 Å². The first-order valence-corrected chi connectivity index (χ1v) is 11.5. The topological polar surface area (TPSA) is 73.8 Å². The fourth-order valence-corrected chi connectivity index (χ4v) is 3.59. The molecule has 1 aromatic carbocycles. The van der Waals surface area contributed by atoms with Crippen LogP contribution in [0.3, 0.4) is 0 Å². The van der Waals surface area contributed by atoms with E-state index < -0.39 is 15.7 Å². The molecule has 0 radical (unpaired) electrons. The van der Waals surface area contributed by atoms with E-state index in [0.717, 1.165) is 32.6 Å². The van der Waals surface area contributed by atoms with Crippen LogP contribution in [0.5, 0.6) is 0 Å². The van der Waals surface area contributed by atoms with Gasteiger partial charge < -0.3 is 15.5 Å². The van der Waals surface area contributed by atoms with E-state index >= 15 is 0 Å². The molecule has 0 aromatic heterocycles. The van der Waals surface area contributed by atoms with Gasteiger partial charge in [-0.1, -0.05) is 19.9 Å². The average molecular weight is 528 g/mol. The van der Waals surface area contributed by atoms with Gasteiger partial charge in [0.05, 0.1) is 12.3 Å². The summed E-state index contributed by atoms with van der Waals surface area (Å²) in [5, 5.41) is 6.45. The van der Waals surface area contributed by atoms with Crippen molar-refractivity contribution < 1.29 is 12.8 Å². The summed E-state index contributed by atoms with van der Waals surface area (Å²) in [5.74, 6) is 0.123. The molecule has 0 atom stereocenters. The van der Waals surface area contributed by atoms with Gasteiger partial charge in [0.15, 0.2) is 15.8 Å². The van der Waals surface area contributed by atoms with Crippen molar-refractivity contribution in [3.05, 3.63) is 35.1 Å². The largest absolute Gasteiger partial charge is 0.357 e. The van der Waals surface area contributed by atoms with Crippen molar-refractivity contribution in [2.45, 2.75) is 39.5 Å². The Morgan fingerprint density at radius 2 is 1.86 bits per heavy atom. The molecule has 0 unspecified atom stereocenters. The molecule has 0 aliphatic heterocycles. The third-order valence-electron chi connectivity index (χ3n) is 4.05. The second kappa shape index (κ2) is 14.1. The highest BCUT2D eigenvalue weighted by Crippen LogP contribution is 2.15. The highest BCUT2D eigenvalue weighted by atomic mass is 127. The maximum absolute atomic E-state index is 13.6. The number of benzene rings is 1. The standard InChI is InChI=1S/C19H33FN4O2S.HI/c1-5-11-24(7-3)12-10-22-19(21-6-2)23-14-17-13-18(20)9-8-16(17)15-27(4,25)26;/h8-9,13H,5-7,10-12,14-15H2,1-4H3,(H2,21,22,23);1H. The molecule has 0 heterocycles. The second-order valence-electron chi connectivity index (χ2n) is 6.54. The normalized spacial score (nSPS) is 12.0. The molecule has 0 fully saturated rings. The number of nitrogens with one attached hydrogen (secondary N) is 2. The third-order valence-corrected chi connectivity index (χ3v) is 4.88. The lowest BCUT2D eigenvalue weighted by atomic mass is 10.1. The molecule has 9 heteroatoms. The molecule has 0 saturated heterocycles. The minimum atomic E-state index is -3.20. The Balaban J connectivity index is 0.00000729. The number of rotatable bonds is 11. The van der Waals surface area contributed by atoms with Crippen LogP contribution in [0.15, 0.2) is 23.2 Å². The summed E-state index contributed by atoms with van der Waals surface area (Å²) in [6.07, 6.45) is 2.29. The van der Waals surface area contributed by atoms with Crippen LogP contribution in [0.2, 0.25) is 0 Å². The van der Waals surface area contributed by atoms with Crippen molar-refractivity contribution in [1.29, 1.82) is 0 Å². The fourth-order valence-electron chi connectivity index (χ4n) is 2.75. The Morgan fingerprint density at radius 3 is 2.43 bits per heavy atom. The van der Waals surface area contributed by atoms with E-state index in [-0.39, 0.29) is 36.3 Å².